The summed E-state index contributed by atoms with van der Waals surface area (Å²) in [5.74, 6) is -0.714. The SMILES string of the molecule is CCNC(=O)NC(=O)[C@@H](OC(=O)CC1CCCC1)c1ccccc1. The molecule has 0 aromatic heterocycles. The zero-order valence-electron chi connectivity index (χ0n) is 13.9. The van der Waals surface area contributed by atoms with Gasteiger partial charge in [0.25, 0.3) is 5.91 Å². The topological polar surface area (TPSA) is 84.5 Å². The molecule has 0 heterocycles. The van der Waals surface area contributed by atoms with Crippen LogP contribution in [0.1, 0.15) is 50.7 Å². The van der Waals surface area contributed by atoms with E-state index in [0.29, 0.717) is 24.4 Å². The number of urea groups is 1. The Balaban J connectivity index is 2.03. The Hall–Kier alpha value is -2.37. The zero-order valence-corrected chi connectivity index (χ0v) is 13.9. The Morgan fingerprint density at radius 1 is 1.17 bits per heavy atom. The van der Waals surface area contributed by atoms with Gasteiger partial charge in [-0.1, -0.05) is 43.2 Å². The highest BCUT2D eigenvalue weighted by Gasteiger charge is 2.28. The maximum atomic E-state index is 12.4. The van der Waals surface area contributed by atoms with Crippen molar-refractivity contribution in [3.63, 3.8) is 0 Å². The van der Waals surface area contributed by atoms with Gasteiger partial charge in [0.15, 0.2) is 0 Å². The number of benzene rings is 1. The molecule has 1 aliphatic carbocycles. The second-order valence-corrected chi connectivity index (χ2v) is 5.98. The van der Waals surface area contributed by atoms with E-state index >= 15 is 0 Å². The van der Waals surface area contributed by atoms with E-state index < -0.39 is 24.0 Å². The van der Waals surface area contributed by atoms with Crippen LogP contribution < -0.4 is 10.6 Å². The number of carbonyl (C=O) groups is 3. The Kier molecular flexibility index (Phi) is 6.78. The summed E-state index contributed by atoms with van der Waals surface area (Å²) >= 11 is 0. The molecule has 24 heavy (non-hydrogen) atoms. The van der Waals surface area contributed by atoms with Crippen molar-refractivity contribution < 1.29 is 19.1 Å². The molecule has 0 saturated heterocycles. The molecule has 1 aromatic carbocycles. The number of ether oxygens (including phenoxy) is 1. The van der Waals surface area contributed by atoms with Crippen LogP contribution in [0, 0.1) is 5.92 Å². The highest BCUT2D eigenvalue weighted by Crippen LogP contribution is 2.29. The third-order valence-electron chi connectivity index (χ3n) is 4.09. The van der Waals surface area contributed by atoms with Gasteiger partial charge in [0, 0.05) is 18.5 Å². The largest absolute Gasteiger partial charge is 0.447 e. The molecule has 0 bridgehead atoms. The lowest BCUT2D eigenvalue weighted by atomic mass is 10.0. The van der Waals surface area contributed by atoms with Crippen molar-refractivity contribution in [3.05, 3.63) is 35.9 Å². The van der Waals surface area contributed by atoms with Gasteiger partial charge < -0.3 is 10.1 Å². The monoisotopic (exact) mass is 332 g/mol. The molecule has 1 aromatic rings. The third-order valence-corrected chi connectivity index (χ3v) is 4.09. The van der Waals surface area contributed by atoms with Crippen molar-refractivity contribution in [2.75, 3.05) is 6.54 Å². The number of amides is 3. The third kappa shape index (κ3) is 5.37. The van der Waals surface area contributed by atoms with Crippen molar-refractivity contribution in [1.82, 2.24) is 10.6 Å². The average molecular weight is 332 g/mol. The first-order valence-electron chi connectivity index (χ1n) is 8.43. The fraction of sp³-hybridized carbons (Fsp3) is 0.500. The smallest absolute Gasteiger partial charge is 0.321 e. The molecule has 1 aliphatic rings. The number of imide groups is 1. The number of hydrogen-bond donors (Lipinski definition) is 2. The van der Waals surface area contributed by atoms with Crippen LogP contribution in [0.4, 0.5) is 4.79 Å². The molecule has 1 saturated carbocycles. The lowest BCUT2D eigenvalue weighted by Gasteiger charge is -2.18. The van der Waals surface area contributed by atoms with E-state index in [-0.39, 0.29) is 0 Å². The minimum atomic E-state index is -1.12. The van der Waals surface area contributed by atoms with Crippen LogP contribution in [0.5, 0.6) is 0 Å². The van der Waals surface area contributed by atoms with Crippen molar-refractivity contribution in [2.45, 2.75) is 45.1 Å². The molecular weight excluding hydrogens is 308 g/mol. The molecule has 0 spiro atoms. The van der Waals surface area contributed by atoms with Gasteiger partial charge in [-0.15, -0.1) is 0 Å². The molecule has 0 unspecified atom stereocenters. The summed E-state index contributed by atoms with van der Waals surface area (Å²) in [6, 6.07) is 8.12. The first-order valence-corrected chi connectivity index (χ1v) is 8.43. The van der Waals surface area contributed by atoms with Gasteiger partial charge in [0.1, 0.15) is 0 Å². The summed E-state index contributed by atoms with van der Waals surface area (Å²) in [6.45, 7) is 2.15. The van der Waals surface area contributed by atoms with Gasteiger partial charge in [-0.05, 0) is 25.7 Å². The molecule has 6 nitrogen and oxygen atoms in total. The van der Waals surface area contributed by atoms with E-state index in [4.69, 9.17) is 4.74 Å². The van der Waals surface area contributed by atoms with Crippen LogP contribution >= 0.6 is 0 Å². The van der Waals surface area contributed by atoms with Gasteiger partial charge >= 0.3 is 12.0 Å². The lowest BCUT2D eigenvalue weighted by molar-refractivity contribution is -0.157. The van der Waals surface area contributed by atoms with Crippen LogP contribution in [0.25, 0.3) is 0 Å². The molecule has 0 aliphatic heterocycles. The molecular formula is C18H24N2O4. The number of hydrogen-bond acceptors (Lipinski definition) is 4. The standard InChI is InChI=1S/C18H24N2O4/c1-2-19-18(23)20-17(22)16(14-10-4-3-5-11-14)24-15(21)12-13-8-6-7-9-13/h3-5,10-11,13,16H,2,6-9,12H2,1H3,(H2,19,20,22,23)/t16-/m0/s1. The van der Waals surface area contributed by atoms with Gasteiger partial charge in [-0.2, -0.15) is 0 Å². The first-order chi connectivity index (χ1) is 11.6. The first kappa shape index (κ1) is 18.0. The predicted molar refractivity (Wildman–Crippen MR) is 89.1 cm³/mol. The quantitative estimate of drug-likeness (QED) is 0.785. The van der Waals surface area contributed by atoms with Gasteiger partial charge in [0.05, 0.1) is 0 Å². The number of esters is 1. The summed E-state index contributed by atoms with van der Waals surface area (Å²) < 4.78 is 5.41. The van der Waals surface area contributed by atoms with Crippen molar-refractivity contribution in [1.29, 1.82) is 0 Å². The van der Waals surface area contributed by atoms with Crippen LogP contribution in [0.15, 0.2) is 30.3 Å². The highest BCUT2D eigenvalue weighted by molar-refractivity contribution is 5.97. The average Bonchev–Trinajstić information content (AvgIpc) is 3.06. The van der Waals surface area contributed by atoms with Crippen molar-refractivity contribution in [3.8, 4) is 0 Å². The Labute approximate surface area is 142 Å². The van der Waals surface area contributed by atoms with E-state index in [0.717, 1.165) is 25.7 Å². The minimum Gasteiger partial charge on any atom is -0.447 e. The summed E-state index contributed by atoms with van der Waals surface area (Å²) in [7, 11) is 0. The second kappa shape index (κ2) is 9.05. The van der Waals surface area contributed by atoms with Crippen molar-refractivity contribution in [2.24, 2.45) is 5.92 Å². The van der Waals surface area contributed by atoms with Crippen LogP contribution in [-0.2, 0) is 14.3 Å². The van der Waals surface area contributed by atoms with Gasteiger partial charge in [-0.25, -0.2) is 4.79 Å². The number of rotatable bonds is 6. The van der Waals surface area contributed by atoms with E-state index in [1.165, 1.54) is 0 Å². The Morgan fingerprint density at radius 3 is 2.46 bits per heavy atom. The molecule has 1 fully saturated rings. The normalized spacial score (nSPS) is 15.5. The number of nitrogens with one attached hydrogen (secondary N) is 2. The predicted octanol–water partition coefficient (Wildman–Crippen LogP) is 2.70. The molecule has 1 atom stereocenters. The maximum absolute atomic E-state index is 12.4. The second-order valence-electron chi connectivity index (χ2n) is 5.98. The van der Waals surface area contributed by atoms with Crippen LogP contribution in [-0.4, -0.2) is 24.5 Å². The Morgan fingerprint density at radius 2 is 1.83 bits per heavy atom. The lowest BCUT2D eigenvalue weighted by Crippen LogP contribution is -2.42. The molecule has 2 N–H and O–H groups in total. The summed E-state index contributed by atoms with van der Waals surface area (Å²) in [4.78, 5) is 36.1. The summed E-state index contributed by atoms with van der Waals surface area (Å²) in [5.41, 5.74) is 0.541. The Bertz CT molecular complexity index is 568. The summed E-state index contributed by atoms with van der Waals surface area (Å²) in [5, 5.41) is 4.70. The van der Waals surface area contributed by atoms with Gasteiger partial charge in [0.2, 0.25) is 6.10 Å². The van der Waals surface area contributed by atoms with Crippen LogP contribution in [0.2, 0.25) is 0 Å². The fourth-order valence-electron chi connectivity index (χ4n) is 2.91. The maximum Gasteiger partial charge on any atom is 0.321 e. The van der Waals surface area contributed by atoms with Gasteiger partial charge in [-0.3, -0.25) is 14.9 Å². The van der Waals surface area contributed by atoms with E-state index in [2.05, 4.69) is 10.6 Å². The zero-order chi connectivity index (χ0) is 17.4. The van der Waals surface area contributed by atoms with Crippen LogP contribution in [0.3, 0.4) is 0 Å². The van der Waals surface area contributed by atoms with E-state index in [9.17, 15) is 14.4 Å². The van der Waals surface area contributed by atoms with E-state index in [1.54, 1.807) is 31.2 Å². The molecule has 3 amide bonds. The summed E-state index contributed by atoms with van der Waals surface area (Å²) in [6.07, 6.45) is 3.52. The van der Waals surface area contributed by atoms with E-state index in [1.807, 2.05) is 6.07 Å². The molecule has 6 heteroatoms. The highest BCUT2D eigenvalue weighted by atomic mass is 16.5. The molecule has 2 rings (SSSR count). The minimum absolute atomic E-state index is 0.317. The molecule has 0 radical (unpaired) electrons. The van der Waals surface area contributed by atoms with Crippen molar-refractivity contribution >= 4 is 17.9 Å². The molecule has 130 valence electrons. The fourth-order valence-corrected chi connectivity index (χ4v) is 2.91. The number of carbonyl (C=O) groups excluding carboxylic acids is 3.